The maximum absolute atomic E-state index is 12.8. The van der Waals surface area contributed by atoms with Crippen LogP contribution in [0.5, 0.6) is 5.75 Å². The number of rotatable bonds is 7. The minimum atomic E-state index is -1.12. The van der Waals surface area contributed by atoms with Crippen LogP contribution in [0.1, 0.15) is 22.8 Å². The summed E-state index contributed by atoms with van der Waals surface area (Å²) < 4.78 is 5.10. The number of aliphatic carboxylic acids is 1. The summed E-state index contributed by atoms with van der Waals surface area (Å²) in [6, 6.07) is 10.9. The van der Waals surface area contributed by atoms with Gasteiger partial charge in [-0.1, -0.05) is 23.7 Å². The van der Waals surface area contributed by atoms with Gasteiger partial charge in [-0.25, -0.2) is 14.6 Å². The van der Waals surface area contributed by atoms with Crippen molar-refractivity contribution < 1.29 is 29.3 Å². The van der Waals surface area contributed by atoms with Crippen LogP contribution in [-0.4, -0.2) is 51.3 Å². The molecule has 1 aliphatic heterocycles. The first kappa shape index (κ1) is 22.4. The molecule has 3 rings (SSSR count). The second kappa shape index (κ2) is 9.67. The van der Waals surface area contributed by atoms with E-state index in [-0.39, 0.29) is 22.2 Å². The number of carbonyl (C=O) groups excluding carboxylic acids is 1. The van der Waals surface area contributed by atoms with E-state index in [9.17, 15) is 14.4 Å². The smallest absolute Gasteiger partial charge is 0.341 e. The van der Waals surface area contributed by atoms with Crippen LogP contribution in [0, 0.1) is 0 Å². The number of aliphatic imine (C=N–C) groups is 1. The van der Waals surface area contributed by atoms with E-state index in [0.29, 0.717) is 27.9 Å². The summed E-state index contributed by atoms with van der Waals surface area (Å²) in [6.07, 6.45) is 1.65. The molecular formula is C21H17ClN2O6S. The van der Waals surface area contributed by atoms with E-state index in [1.54, 1.807) is 30.3 Å². The van der Waals surface area contributed by atoms with Crippen molar-refractivity contribution in [3.63, 3.8) is 0 Å². The fourth-order valence-electron chi connectivity index (χ4n) is 2.70. The van der Waals surface area contributed by atoms with Crippen molar-refractivity contribution in [1.82, 2.24) is 4.90 Å². The lowest BCUT2D eigenvalue weighted by Crippen LogP contribution is -2.28. The maximum atomic E-state index is 12.8. The summed E-state index contributed by atoms with van der Waals surface area (Å²) in [5, 5.41) is 18.5. The lowest BCUT2D eigenvalue weighted by molar-refractivity contribution is -0.139. The van der Waals surface area contributed by atoms with Crippen molar-refractivity contribution in [2.24, 2.45) is 4.99 Å². The highest BCUT2D eigenvalue weighted by Crippen LogP contribution is 2.35. The zero-order valence-electron chi connectivity index (χ0n) is 16.2. The number of carboxylic acid groups (broad SMARTS) is 2. The number of likely N-dealkylation sites (N-methyl/N-ethyl adjacent to an activating group) is 1. The maximum Gasteiger partial charge on any atom is 0.341 e. The van der Waals surface area contributed by atoms with Gasteiger partial charge in [-0.15, -0.1) is 0 Å². The highest BCUT2D eigenvalue weighted by Gasteiger charge is 2.32. The Kier molecular flexibility index (Phi) is 6.98. The van der Waals surface area contributed by atoms with Crippen molar-refractivity contribution >= 4 is 58.1 Å². The van der Waals surface area contributed by atoms with Crippen molar-refractivity contribution in [2.75, 3.05) is 13.2 Å². The number of carbonyl (C=O) groups is 3. The van der Waals surface area contributed by atoms with Crippen LogP contribution in [0.25, 0.3) is 6.08 Å². The minimum Gasteiger partial charge on any atom is -0.480 e. The zero-order valence-corrected chi connectivity index (χ0v) is 17.8. The van der Waals surface area contributed by atoms with Gasteiger partial charge in [-0.3, -0.25) is 9.69 Å². The van der Waals surface area contributed by atoms with E-state index in [2.05, 4.69) is 4.99 Å². The largest absolute Gasteiger partial charge is 0.480 e. The van der Waals surface area contributed by atoms with Gasteiger partial charge in [0.1, 0.15) is 5.75 Å². The Balaban J connectivity index is 1.86. The Morgan fingerprint density at radius 1 is 1.23 bits per heavy atom. The summed E-state index contributed by atoms with van der Waals surface area (Å²) in [6.45, 7) is 1.70. The van der Waals surface area contributed by atoms with Crippen molar-refractivity contribution in [2.45, 2.75) is 6.92 Å². The van der Waals surface area contributed by atoms with Gasteiger partial charge in [0.15, 0.2) is 11.8 Å². The number of hydrogen-bond donors (Lipinski definition) is 2. The molecule has 2 aromatic rings. The van der Waals surface area contributed by atoms with Crippen molar-refractivity contribution in [1.29, 1.82) is 0 Å². The Morgan fingerprint density at radius 3 is 2.65 bits per heavy atom. The molecule has 1 aliphatic rings. The molecule has 0 aromatic heterocycles. The number of hydrogen-bond acceptors (Lipinski definition) is 6. The highest BCUT2D eigenvalue weighted by molar-refractivity contribution is 8.18. The molecule has 160 valence electrons. The summed E-state index contributed by atoms with van der Waals surface area (Å²) in [7, 11) is 0. The van der Waals surface area contributed by atoms with Crippen LogP contribution >= 0.6 is 23.4 Å². The number of nitrogens with zero attached hydrogens (tertiary/aromatic N) is 2. The number of benzene rings is 2. The van der Waals surface area contributed by atoms with E-state index >= 15 is 0 Å². The number of aromatic carboxylic acids is 1. The number of amidine groups is 1. The van der Waals surface area contributed by atoms with Crippen LogP contribution in [0.3, 0.4) is 0 Å². The molecule has 1 heterocycles. The summed E-state index contributed by atoms with van der Waals surface area (Å²) in [5.41, 5.74) is 1.17. The van der Waals surface area contributed by atoms with E-state index < -0.39 is 18.5 Å². The van der Waals surface area contributed by atoms with Gasteiger partial charge in [-0.05, 0) is 60.7 Å². The fraction of sp³-hybridized carbons (Fsp3) is 0.143. The highest BCUT2D eigenvalue weighted by atomic mass is 35.5. The lowest BCUT2D eigenvalue weighted by Gasteiger charge is -2.12. The first-order chi connectivity index (χ1) is 14.8. The third-order valence-electron chi connectivity index (χ3n) is 4.13. The molecule has 10 heteroatoms. The molecule has 0 spiro atoms. The second-order valence-electron chi connectivity index (χ2n) is 6.28. The van der Waals surface area contributed by atoms with Crippen LogP contribution < -0.4 is 4.74 Å². The predicted molar refractivity (Wildman–Crippen MR) is 118 cm³/mol. The number of ether oxygens (including phenoxy) is 1. The lowest BCUT2D eigenvalue weighted by atomic mass is 10.2. The Labute approximate surface area is 186 Å². The van der Waals surface area contributed by atoms with Crippen LogP contribution in [0.2, 0.25) is 5.02 Å². The second-order valence-corrected chi connectivity index (χ2v) is 7.70. The molecule has 1 fully saturated rings. The topological polar surface area (TPSA) is 117 Å². The molecule has 0 aliphatic carbocycles. The fourth-order valence-corrected chi connectivity index (χ4v) is 4.01. The van der Waals surface area contributed by atoms with Crippen LogP contribution in [0.4, 0.5) is 5.69 Å². The molecule has 2 aromatic carbocycles. The van der Waals surface area contributed by atoms with Gasteiger partial charge in [0.25, 0.3) is 5.91 Å². The first-order valence-electron chi connectivity index (χ1n) is 9.06. The standard InChI is InChI=1S/C21H17ClN2O6S/c1-2-24-19(27)17(9-12-6-7-16(15(22)8-12)30-11-18(25)26)31-21(24)23-14-5-3-4-13(10-14)20(28)29/h3-10H,2,11H2,1H3,(H,25,26)(H,28,29)/b17-9-,23-21?. The number of carboxylic acids is 2. The molecule has 0 radical (unpaired) electrons. The zero-order chi connectivity index (χ0) is 22.5. The SMILES string of the molecule is CCN1C(=O)/C(=C/c2ccc(OCC(=O)O)c(Cl)c2)SC1=Nc1cccc(C(=O)O)c1. The molecule has 2 N–H and O–H groups in total. The summed E-state index contributed by atoms with van der Waals surface area (Å²) >= 11 is 7.31. The molecule has 1 saturated heterocycles. The molecule has 0 unspecified atom stereocenters. The molecule has 0 bridgehead atoms. The van der Waals surface area contributed by atoms with Gasteiger partial charge in [0, 0.05) is 6.54 Å². The Bertz CT molecular complexity index is 1110. The van der Waals surface area contributed by atoms with Gasteiger partial charge in [0.2, 0.25) is 0 Å². The molecule has 31 heavy (non-hydrogen) atoms. The summed E-state index contributed by atoms with van der Waals surface area (Å²) in [5.74, 6) is -2.18. The predicted octanol–water partition coefficient (Wildman–Crippen LogP) is 4.13. The van der Waals surface area contributed by atoms with Crippen LogP contribution in [0.15, 0.2) is 52.4 Å². The molecule has 8 nitrogen and oxygen atoms in total. The number of thioether (sulfide) groups is 1. The average Bonchev–Trinajstić information content (AvgIpc) is 3.01. The van der Waals surface area contributed by atoms with Gasteiger partial charge in [-0.2, -0.15) is 0 Å². The third kappa shape index (κ3) is 5.44. The summed E-state index contributed by atoms with van der Waals surface area (Å²) in [4.78, 5) is 40.9. The monoisotopic (exact) mass is 460 g/mol. The third-order valence-corrected chi connectivity index (χ3v) is 5.43. The molecular weight excluding hydrogens is 444 g/mol. The quantitative estimate of drug-likeness (QED) is 0.596. The number of amides is 1. The van der Waals surface area contributed by atoms with E-state index in [1.807, 2.05) is 6.92 Å². The van der Waals surface area contributed by atoms with Gasteiger partial charge in [0.05, 0.1) is 21.2 Å². The van der Waals surface area contributed by atoms with Gasteiger partial charge < -0.3 is 14.9 Å². The molecule has 0 saturated carbocycles. The normalized spacial score (nSPS) is 16.2. The Hall–Kier alpha value is -3.30. The van der Waals surface area contributed by atoms with E-state index in [1.165, 1.54) is 34.9 Å². The molecule has 1 amide bonds. The minimum absolute atomic E-state index is 0.106. The van der Waals surface area contributed by atoms with Gasteiger partial charge >= 0.3 is 11.9 Å². The van der Waals surface area contributed by atoms with Crippen LogP contribution in [-0.2, 0) is 9.59 Å². The van der Waals surface area contributed by atoms with Crippen molar-refractivity contribution in [3.05, 3.63) is 63.5 Å². The molecule has 0 atom stereocenters. The average molecular weight is 461 g/mol. The van der Waals surface area contributed by atoms with Crippen molar-refractivity contribution in [3.8, 4) is 5.75 Å². The Morgan fingerprint density at radius 2 is 2.00 bits per heavy atom. The first-order valence-corrected chi connectivity index (χ1v) is 10.3. The van der Waals surface area contributed by atoms with E-state index in [0.717, 1.165) is 0 Å². The van der Waals surface area contributed by atoms with E-state index in [4.69, 9.17) is 26.6 Å². The number of halogens is 1.